The standard InChI is InChI=1S/C24H24F2N6O2S.ClH/c25-15-8-28-18-2-4-21(34)32-10-13(22(15)23(18)32)9-31-6-5-17(16(26)11-31)27-7-14-1-3-19-24(29-14)30-20(33)12-35-19;/h1-4,8,13,16-17,27H,5-7,9-12H2,(H,29,30,33);1H/t13?,16-,17+;/m0./s1. The van der Waals surface area contributed by atoms with E-state index >= 15 is 4.39 Å². The molecule has 1 saturated heterocycles. The monoisotopic (exact) mass is 534 g/mol. The largest absolute Gasteiger partial charge is 0.309 e. The lowest BCUT2D eigenvalue weighted by molar-refractivity contribution is -0.113. The molecule has 190 valence electrons. The summed E-state index contributed by atoms with van der Waals surface area (Å²) in [6.45, 7) is 2.16. The van der Waals surface area contributed by atoms with E-state index in [0.29, 0.717) is 60.8 Å². The van der Waals surface area contributed by atoms with Gasteiger partial charge in [-0.2, -0.15) is 0 Å². The number of carbonyl (C=O) groups is 1. The molecule has 1 fully saturated rings. The molecule has 36 heavy (non-hydrogen) atoms. The number of pyridine rings is 3. The van der Waals surface area contributed by atoms with Crippen LogP contribution in [0.3, 0.4) is 0 Å². The molecule has 3 aliphatic rings. The third-order valence-electron chi connectivity index (χ3n) is 6.98. The first-order valence-corrected chi connectivity index (χ1v) is 12.6. The lowest BCUT2D eigenvalue weighted by Crippen LogP contribution is -2.51. The Bertz CT molecular complexity index is 1390. The fourth-order valence-corrected chi connectivity index (χ4v) is 6.06. The van der Waals surface area contributed by atoms with Gasteiger partial charge >= 0.3 is 0 Å². The third kappa shape index (κ3) is 4.60. The smallest absolute Gasteiger partial charge is 0.251 e. The van der Waals surface area contributed by atoms with Gasteiger partial charge in [-0.05, 0) is 31.2 Å². The molecule has 0 radical (unpaired) electrons. The number of halogens is 3. The lowest BCUT2D eigenvalue weighted by atomic mass is 9.97. The van der Waals surface area contributed by atoms with E-state index in [4.69, 9.17) is 0 Å². The zero-order chi connectivity index (χ0) is 24.1. The van der Waals surface area contributed by atoms with Crippen molar-refractivity contribution in [3.05, 3.63) is 57.9 Å². The minimum atomic E-state index is -1.09. The summed E-state index contributed by atoms with van der Waals surface area (Å²) in [5.41, 5.74) is 2.24. The Labute approximate surface area is 216 Å². The zero-order valence-corrected chi connectivity index (χ0v) is 20.9. The highest BCUT2D eigenvalue weighted by atomic mass is 35.5. The van der Waals surface area contributed by atoms with Crippen LogP contribution in [0.5, 0.6) is 0 Å². The van der Waals surface area contributed by atoms with Gasteiger partial charge in [0.1, 0.15) is 17.8 Å². The zero-order valence-electron chi connectivity index (χ0n) is 19.2. The summed E-state index contributed by atoms with van der Waals surface area (Å²) in [6.07, 6.45) is 0.718. The molecule has 8 nitrogen and oxygen atoms in total. The highest BCUT2D eigenvalue weighted by Gasteiger charge is 2.34. The van der Waals surface area contributed by atoms with Crippen molar-refractivity contribution in [2.24, 2.45) is 0 Å². The minimum Gasteiger partial charge on any atom is -0.309 e. The van der Waals surface area contributed by atoms with Gasteiger partial charge in [0.25, 0.3) is 5.56 Å². The Morgan fingerprint density at radius 3 is 2.89 bits per heavy atom. The summed E-state index contributed by atoms with van der Waals surface area (Å²) in [6, 6.07) is 6.58. The van der Waals surface area contributed by atoms with Crippen LogP contribution in [-0.2, 0) is 17.9 Å². The molecular weight excluding hydrogens is 510 g/mol. The highest BCUT2D eigenvalue weighted by molar-refractivity contribution is 8.00. The number of rotatable bonds is 5. The fourth-order valence-electron chi connectivity index (χ4n) is 5.31. The molecule has 3 atom stereocenters. The Hall–Kier alpha value is -2.60. The molecule has 0 bridgehead atoms. The first kappa shape index (κ1) is 25.1. The molecule has 0 aliphatic carbocycles. The Balaban J connectivity index is 0.00000267. The van der Waals surface area contributed by atoms with Gasteiger partial charge < -0.3 is 15.2 Å². The van der Waals surface area contributed by atoms with Gasteiger partial charge in [0.2, 0.25) is 5.91 Å². The predicted octanol–water partition coefficient (Wildman–Crippen LogP) is 2.70. The number of anilines is 1. The summed E-state index contributed by atoms with van der Waals surface area (Å²) >= 11 is 1.46. The van der Waals surface area contributed by atoms with E-state index in [9.17, 15) is 14.0 Å². The second-order valence-electron chi connectivity index (χ2n) is 9.27. The molecule has 2 N–H and O–H groups in total. The Kier molecular flexibility index (Phi) is 6.99. The van der Waals surface area contributed by atoms with Crippen LogP contribution in [0, 0.1) is 5.82 Å². The maximum Gasteiger partial charge on any atom is 0.251 e. The number of aromatic nitrogens is 3. The number of piperidine rings is 1. The van der Waals surface area contributed by atoms with Crippen molar-refractivity contribution in [2.75, 3.05) is 30.7 Å². The number of likely N-dealkylation sites (tertiary alicyclic amines) is 1. The van der Waals surface area contributed by atoms with Gasteiger partial charge in [-0.3, -0.25) is 19.5 Å². The van der Waals surface area contributed by atoms with Crippen LogP contribution in [0.15, 0.2) is 40.2 Å². The van der Waals surface area contributed by atoms with Crippen molar-refractivity contribution in [1.29, 1.82) is 0 Å². The van der Waals surface area contributed by atoms with E-state index in [-0.39, 0.29) is 42.4 Å². The van der Waals surface area contributed by atoms with E-state index in [1.807, 2.05) is 17.0 Å². The molecule has 1 unspecified atom stereocenters. The number of nitrogens with zero attached hydrogens (tertiary/aromatic N) is 4. The predicted molar refractivity (Wildman–Crippen MR) is 136 cm³/mol. The van der Waals surface area contributed by atoms with E-state index in [0.717, 1.165) is 10.6 Å². The van der Waals surface area contributed by atoms with E-state index in [1.165, 1.54) is 24.0 Å². The van der Waals surface area contributed by atoms with Gasteiger partial charge in [-0.15, -0.1) is 24.2 Å². The van der Waals surface area contributed by atoms with Crippen LogP contribution < -0.4 is 16.2 Å². The summed E-state index contributed by atoms with van der Waals surface area (Å²) < 4.78 is 31.4. The quantitative estimate of drug-likeness (QED) is 0.520. The Morgan fingerprint density at radius 1 is 1.19 bits per heavy atom. The average molecular weight is 535 g/mol. The maximum atomic E-state index is 15.1. The van der Waals surface area contributed by atoms with Crippen molar-refractivity contribution in [3.63, 3.8) is 0 Å². The summed E-state index contributed by atoms with van der Waals surface area (Å²) in [4.78, 5) is 35.5. The van der Waals surface area contributed by atoms with Gasteiger partial charge in [-0.25, -0.2) is 13.8 Å². The van der Waals surface area contributed by atoms with Gasteiger partial charge in [0.15, 0.2) is 0 Å². The normalized spacial score (nSPS) is 23.3. The molecule has 3 aliphatic heterocycles. The first-order chi connectivity index (χ1) is 17.0. The molecule has 0 saturated carbocycles. The topological polar surface area (TPSA) is 92.2 Å². The van der Waals surface area contributed by atoms with Crippen molar-refractivity contribution in [1.82, 2.24) is 24.8 Å². The fraction of sp³-hybridized carbons (Fsp3) is 0.417. The van der Waals surface area contributed by atoms with Gasteiger partial charge in [0, 0.05) is 49.8 Å². The lowest BCUT2D eigenvalue weighted by Gasteiger charge is -2.36. The number of hydrogen-bond donors (Lipinski definition) is 2. The molecule has 12 heteroatoms. The van der Waals surface area contributed by atoms with E-state index in [1.54, 1.807) is 10.6 Å². The van der Waals surface area contributed by atoms with E-state index < -0.39 is 12.0 Å². The molecule has 6 rings (SSSR count). The van der Waals surface area contributed by atoms with Crippen molar-refractivity contribution >= 4 is 46.9 Å². The second-order valence-corrected chi connectivity index (χ2v) is 10.3. The average Bonchev–Trinajstić information content (AvgIpc) is 3.23. The molecule has 6 heterocycles. The molecule has 0 spiro atoms. The number of carbonyl (C=O) groups excluding carboxylic acids is 1. The van der Waals surface area contributed by atoms with Crippen molar-refractivity contribution in [3.8, 4) is 0 Å². The minimum absolute atomic E-state index is 0. The summed E-state index contributed by atoms with van der Waals surface area (Å²) in [5.74, 6) is 0.238. The van der Waals surface area contributed by atoms with Crippen LogP contribution in [0.4, 0.5) is 14.6 Å². The highest BCUT2D eigenvalue weighted by Crippen LogP contribution is 2.35. The van der Waals surface area contributed by atoms with Gasteiger partial charge in [-0.1, -0.05) is 0 Å². The molecule has 3 aromatic heterocycles. The number of fused-ring (bicyclic) bond motifs is 1. The molecule has 1 amide bonds. The van der Waals surface area contributed by atoms with Crippen LogP contribution >= 0.6 is 24.2 Å². The maximum absolute atomic E-state index is 15.1. The van der Waals surface area contributed by atoms with Gasteiger partial charge in [0.05, 0.1) is 33.6 Å². The number of hydrogen-bond acceptors (Lipinski definition) is 7. The number of amides is 1. The SMILES string of the molecule is Cl.O=C1CSc2ccc(CN[C@@H]3CCN(CC4Cn5c(=O)ccc6ncc(F)c4c65)C[C@@H]3F)nc2N1. The van der Waals surface area contributed by atoms with Crippen LogP contribution in [-0.4, -0.2) is 62.9 Å². The third-order valence-corrected chi connectivity index (χ3v) is 8.03. The summed E-state index contributed by atoms with van der Waals surface area (Å²) in [5, 5.41) is 6.05. The number of nitrogens with one attached hydrogen (secondary N) is 2. The van der Waals surface area contributed by atoms with Crippen LogP contribution in [0.1, 0.15) is 23.6 Å². The van der Waals surface area contributed by atoms with Crippen LogP contribution in [0.25, 0.3) is 11.0 Å². The molecular formula is C24H25ClF2N6O2S. The van der Waals surface area contributed by atoms with E-state index in [2.05, 4.69) is 20.6 Å². The second kappa shape index (κ2) is 10.0. The molecule has 0 aromatic carbocycles. The summed E-state index contributed by atoms with van der Waals surface area (Å²) in [7, 11) is 0. The van der Waals surface area contributed by atoms with Crippen molar-refractivity contribution < 1.29 is 13.6 Å². The first-order valence-electron chi connectivity index (χ1n) is 11.7. The van der Waals surface area contributed by atoms with Crippen molar-refractivity contribution in [2.45, 2.75) is 42.5 Å². The number of thioether (sulfide) groups is 1. The number of alkyl halides is 1. The Morgan fingerprint density at radius 2 is 2.06 bits per heavy atom. The molecule has 3 aromatic rings. The van der Waals surface area contributed by atoms with Crippen LogP contribution in [0.2, 0.25) is 0 Å².